The number of halogens is 3. The van der Waals surface area contributed by atoms with Crippen LogP contribution in [0.4, 0.5) is 0 Å². The Bertz CT molecular complexity index is 869. The zero-order chi connectivity index (χ0) is 16.7. The largest absolute Gasteiger partial charge is 0.321 e. The Morgan fingerprint density at radius 1 is 1.04 bits per heavy atom. The van der Waals surface area contributed by atoms with Gasteiger partial charge in [0.1, 0.15) is 0 Å². The van der Waals surface area contributed by atoms with E-state index >= 15 is 0 Å². The summed E-state index contributed by atoms with van der Waals surface area (Å²) in [5.41, 5.74) is 12.1. The molecule has 4 rings (SSSR count). The van der Waals surface area contributed by atoms with E-state index in [1.165, 1.54) is 29.4 Å². The topological polar surface area (TPSA) is 67.6 Å². The van der Waals surface area contributed by atoms with Crippen molar-refractivity contribution in [2.24, 2.45) is 5.73 Å². The summed E-state index contributed by atoms with van der Waals surface area (Å²) in [6.45, 7) is 4.27. The van der Waals surface area contributed by atoms with Gasteiger partial charge in [0, 0.05) is 22.7 Å². The minimum absolute atomic E-state index is 0. The van der Waals surface area contributed by atoms with E-state index in [1.54, 1.807) is 0 Å². The average Bonchev–Trinajstić information content (AvgIpc) is 3.36. The van der Waals surface area contributed by atoms with E-state index in [2.05, 4.69) is 48.3 Å². The third-order valence-electron chi connectivity index (χ3n) is 5.53. The molecule has 0 spiro atoms. The Labute approximate surface area is 178 Å². The van der Waals surface area contributed by atoms with Gasteiger partial charge in [-0.15, -0.1) is 37.2 Å². The number of nitrogens with one attached hydrogen (secondary N) is 1. The fraction of sp³-hybridized carbons (Fsp3) is 0.400. The fourth-order valence-corrected chi connectivity index (χ4v) is 3.58. The number of nitrogens with zero attached hydrogens (tertiary/aromatic N) is 2. The lowest BCUT2D eigenvalue weighted by Crippen LogP contribution is -2.35. The maximum atomic E-state index is 6.50. The van der Waals surface area contributed by atoms with Crippen LogP contribution < -0.4 is 5.73 Å². The van der Waals surface area contributed by atoms with Crippen LogP contribution in [0.5, 0.6) is 0 Å². The van der Waals surface area contributed by atoms with E-state index in [0.29, 0.717) is 5.92 Å². The van der Waals surface area contributed by atoms with Gasteiger partial charge in [0.05, 0.1) is 17.4 Å². The fourth-order valence-electron chi connectivity index (χ4n) is 3.58. The Hall–Kier alpha value is -1.33. The minimum Gasteiger partial charge on any atom is -0.321 e. The minimum atomic E-state index is -0.278. The van der Waals surface area contributed by atoms with E-state index in [1.807, 2.05) is 12.4 Å². The molecule has 1 saturated carbocycles. The van der Waals surface area contributed by atoms with Crippen molar-refractivity contribution in [3.8, 4) is 11.3 Å². The Morgan fingerprint density at radius 2 is 1.74 bits per heavy atom. The number of fused-ring (bicyclic) bond motifs is 1. The molecule has 0 amide bonds. The van der Waals surface area contributed by atoms with Gasteiger partial charge in [-0.1, -0.05) is 26.0 Å². The van der Waals surface area contributed by atoms with Crippen LogP contribution in [0.15, 0.2) is 36.7 Å². The van der Waals surface area contributed by atoms with Gasteiger partial charge in [-0.3, -0.25) is 10.1 Å². The first-order valence-electron chi connectivity index (χ1n) is 8.88. The molecular weight excluding hydrogens is 403 g/mol. The molecule has 1 aliphatic carbocycles. The predicted octanol–water partition coefficient (Wildman–Crippen LogP) is 5.74. The molecule has 148 valence electrons. The van der Waals surface area contributed by atoms with Crippen molar-refractivity contribution >= 4 is 48.1 Å². The quantitative estimate of drug-likeness (QED) is 0.543. The number of aromatic nitrogens is 3. The summed E-state index contributed by atoms with van der Waals surface area (Å²) in [5, 5.41) is 8.52. The predicted molar refractivity (Wildman–Crippen MR) is 119 cm³/mol. The maximum absolute atomic E-state index is 6.50. The van der Waals surface area contributed by atoms with Crippen molar-refractivity contribution in [3.63, 3.8) is 0 Å². The van der Waals surface area contributed by atoms with Crippen molar-refractivity contribution in [2.75, 3.05) is 0 Å². The van der Waals surface area contributed by atoms with Gasteiger partial charge in [0.2, 0.25) is 0 Å². The smallest absolute Gasteiger partial charge is 0.0705 e. The summed E-state index contributed by atoms with van der Waals surface area (Å²) in [6.07, 6.45) is 8.25. The molecule has 1 aliphatic rings. The lowest BCUT2D eigenvalue weighted by atomic mass is 9.86. The first kappa shape index (κ1) is 23.7. The number of H-pyrrole nitrogens is 1. The van der Waals surface area contributed by atoms with Gasteiger partial charge in [-0.05, 0) is 54.9 Å². The third-order valence-corrected chi connectivity index (χ3v) is 5.53. The molecule has 0 bridgehead atoms. The van der Waals surface area contributed by atoms with Crippen LogP contribution in [-0.4, -0.2) is 15.2 Å². The standard InChI is InChI=1S/C20H24N4.3ClH/c1-3-20(21,4-2)14-7-9-17(22-11-14)15-8-10-18-16(12-23-24-18)19(15)13-5-6-13;;;/h7-13H,3-6,21H2,1-2H3,(H,23,24);3*1H. The summed E-state index contributed by atoms with van der Waals surface area (Å²) in [5.74, 6) is 0.641. The summed E-state index contributed by atoms with van der Waals surface area (Å²) >= 11 is 0. The SMILES string of the molecule is CCC(N)(CC)c1ccc(-c2ccc3[nH]ncc3c2C2CC2)nc1.Cl.Cl.Cl. The van der Waals surface area contributed by atoms with E-state index in [9.17, 15) is 0 Å². The number of hydrogen-bond donors (Lipinski definition) is 2. The monoisotopic (exact) mass is 428 g/mol. The van der Waals surface area contributed by atoms with E-state index in [0.717, 1.165) is 29.6 Å². The van der Waals surface area contributed by atoms with Gasteiger partial charge in [-0.2, -0.15) is 5.10 Å². The summed E-state index contributed by atoms with van der Waals surface area (Å²) in [7, 11) is 0. The highest BCUT2D eigenvalue weighted by atomic mass is 35.5. The molecule has 2 aromatic heterocycles. The van der Waals surface area contributed by atoms with Gasteiger partial charge in [-0.25, -0.2) is 0 Å². The van der Waals surface area contributed by atoms with Crippen LogP contribution >= 0.6 is 37.2 Å². The molecule has 0 atom stereocenters. The van der Waals surface area contributed by atoms with Crippen LogP contribution in [-0.2, 0) is 5.54 Å². The lowest BCUT2D eigenvalue weighted by Gasteiger charge is -2.27. The van der Waals surface area contributed by atoms with Gasteiger partial charge in [0.25, 0.3) is 0 Å². The second-order valence-electron chi connectivity index (χ2n) is 6.93. The van der Waals surface area contributed by atoms with Gasteiger partial charge in [0.15, 0.2) is 0 Å². The van der Waals surface area contributed by atoms with Gasteiger partial charge < -0.3 is 5.73 Å². The molecule has 1 aromatic carbocycles. The lowest BCUT2D eigenvalue weighted by molar-refractivity contribution is 0.411. The zero-order valence-electron chi connectivity index (χ0n) is 15.6. The molecule has 3 aromatic rings. The summed E-state index contributed by atoms with van der Waals surface area (Å²) in [6, 6.07) is 8.54. The number of nitrogens with two attached hydrogens (primary N) is 1. The highest BCUT2D eigenvalue weighted by molar-refractivity contribution is 5.89. The summed E-state index contributed by atoms with van der Waals surface area (Å²) in [4.78, 5) is 4.76. The second-order valence-corrected chi connectivity index (χ2v) is 6.93. The molecule has 4 nitrogen and oxygen atoms in total. The molecular formula is C20H27Cl3N4. The van der Waals surface area contributed by atoms with Crippen molar-refractivity contribution < 1.29 is 0 Å². The van der Waals surface area contributed by atoms with Crippen LogP contribution in [0.3, 0.4) is 0 Å². The average molecular weight is 430 g/mol. The Kier molecular flexibility index (Phi) is 8.12. The number of hydrogen-bond acceptors (Lipinski definition) is 3. The zero-order valence-corrected chi connectivity index (χ0v) is 18.0. The molecule has 0 saturated heterocycles. The van der Waals surface area contributed by atoms with Crippen molar-refractivity contribution in [3.05, 3.63) is 47.8 Å². The second kappa shape index (κ2) is 9.24. The molecule has 0 unspecified atom stereocenters. The Balaban J connectivity index is 0.00000121. The first-order chi connectivity index (χ1) is 11.7. The van der Waals surface area contributed by atoms with Crippen LogP contribution in [0.25, 0.3) is 22.2 Å². The van der Waals surface area contributed by atoms with Crippen molar-refractivity contribution in [1.82, 2.24) is 15.2 Å². The highest BCUT2D eigenvalue weighted by Gasteiger charge is 2.29. The highest BCUT2D eigenvalue weighted by Crippen LogP contribution is 2.47. The molecule has 3 N–H and O–H groups in total. The van der Waals surface area contributed by atoms with Crippen molar-refractivity contribution in [1.29, 1.82) is 0 Å². The molecule has 7 heteroatoms. The van der Waals surface area contributed by atoms with Crippen LogP contribution in [0.1, 0.15) is 56.6 Å². The number of benzene rings is 1. The van der Waals surface area contributed by atoms with E-state index in [4.69, 9.17) is 10.7 Å². The molecule has 27 heavy (non-hydrogen) atoms. The number of aromatic amines is 1. The molecule has 1 fully saturated rings. The first-order valence-corrected chi connectivity index (χ1v) is 8.88. The Morgan fingerprint density at radius 3 is 2.30 bits per heavy atom. The van der Waals surface area contributed by atoms with Gasteiger partial charge >= 0.3 is 0 Å². The van der Waals surface area contributed by atoms with Crippen LogP contribution in [0.2, 0.25) is 0 Å². The van der Waals surface area contributed by atoms with Crippen molar-refractivity contribution in [2.45, 2.75) is 51.0 Å². The maximum Gasteiger partial charge on any atom is 0.0705 e. The normalized spacial score (nSPS) is 13.4. The molecule has 0 radical (unpaired) electrons. The third kappa shape index (κ3) is 4.24. The number of rotatable bonds is 5. The number of pyridine rings is 1. The summed E-state index contributed by atoms with van der Waals surface area (Å²) < 4.78 is 0. The molecule has 2 heterocycles. The van der Waals surface area contributed by atoms with E-state index < -0.39 is 0 Å². The van der Waals surface area contributed by atoms with Crippen LogP contribution in [0, 0.1) is 0 Å². The molecule has 0 aliphatic heterocycles. The van der Waals surface area contributed by atoms with E-state index in [-0.39, 0.29) is 42.8 Å².